The average Bonchev–Trinajstić information content (AvgIpc) is 2.75. The molecule has 1 aliphatic carbocycles. The average molecular weight is 423 g/mol. The third kappa shape index (κ3) is 10.1. The summed E-state index contributed by atoms with van der Waals surface area (Å²) in [5.41, 5.74) is -0.905. The number of carbonyl (C=O) groups is 2. The van der Waals surface area contributed by atoms with Gasteiger partial charge in [-0.3, -0.25) is 9.59 Å². The van der Waals surface area contributed by atoms with E-state index >= 15 is 0 Å². The van der Waals surface area contributed by atoms with Gasteiger partial charge in [-0.2, -0.15) is 0 Å². The molecule has 2 unspecified atom stereocenters. The van der Waals surface area contributed by atoms with Crippen molar-refractivity contribution in [2.24, 2.45) is 11.3 Å². The van der Waals surface area contributed by atoms with Crippen LogP contribution < -0.4 is 0 Å². The molecule has 0 N–H and O–H groups in total. The Morgan fingerprint density at radius 2 is 1.30 bits per heavy atom. The smallest absolute Gasteiger partial charge is 0.316 e. The molecule has 0 radical (unpaired) electrons. The lowest BCUT2D eigenvalue weighted by molar-refractivity contribution is -0.166. The number of ether oxygens (including phenoxy) is 2. The summed E-state index contributed by atoms with van der Waals surface area (Å²) < 4.78 is 11.1. The Hall–Kier alpha value is -1.32. The number of hydrogen-bond acceptors (Lipinski definition) is 4. The van der Waals surface area contributed by atoms with Crippen LogP contribution in [0.4, 0.5) is 0 Å². The van der Waals surface area contributed by atoms with Crippen molar-refractivity contribution in [3.63, 3.8) is 0 Å². The summed E-state index contributed by atoms with van der Waals surface area (Å²) in [6.07, 6.45) is 20.5. The molecular weight excluding hydrogens is 376 g/mol. The maximum atomic E-state index is 12.8. The van der Waals surface area contributed by atoms with Gasteiger partial charge in [0, 0.05) is 0 Å². The summed E-state index contributed by atoms with van der Waals surface area (Å²) in [6.45, 7) is 7.14. The fourth-order valence-corrected chi connectivity index (χ4v) is 4.12. The first-order valence-corrected chi connectivity index (χ1v) is 12.6. The highest BCUT2D eigenvalue weighted by atomic mass is 16.5. The number of carbonyl (C=O) groups excluding carboxylic acids is 2. The molecule has 0 aromatic heterocycles. The SMILES string of the molecule is CCCCCCCCCOC(=O)C1CCC=CC1(C)C(=O)OCCCCCCCC. The lowest BCUT2D eigenvalue weighted by atomic mass is 9.71. The number of rotatable bonds is 17. The van der Waals surface area contributed by atoms with Crippen LogP contribution in [0.5, 0.6) is 0 Å². The van der Waals surface area contributed by atoms with Crippen molar-refractivity contribution in [2.75, 3.05) is 13.2 Å². The highest BCUT2D eigenvalue weighted by Gasteiger charge is 2.46. The molecule has 4 heteroatoms. The second-order valence-electron chi connectivity index (χ2n) is 9.01. The molecule has 1 aliphatic rings. The monoisotopic (exact) mass is 422 g/mol. The Morgan fingerprint density at radius 1 is 0.800 bits per heavy atom. The minimum absolute atomic E-state index is 0.246. The number of allylic oxidation sites excluding steroid dienone is 1. The second kappa shape index (κ2) is 16.4. The van der Waals surface area contributed by atoms with E-state index in [-0.39, 0.29) is 11.9 Å². The molecule has 174 valence electrons. The van der Waals surface area contributed by atoms with E-state index in [2.05, 4.69) is 13.8 Å². The Balaban J connectivity index is 2.34. The van der Waals surface area contributed by atoms with E-state index in [0.717, 1.165) is 32.1 Å². The summed E-state index contributed by atoms with van der Waals surface area (Å²) >= 11 is 0. The van der Waals surface area contributed by atoms with E-state index in [4.69, 9.17) is 9.47 Å². The van der Waals surface area contributed by atoms with E-state index in [1.54, 1.807) is 0 Å². The van der Waals surface area contributed by atoms with Crippen LogP contribution in [0.2, 0.25) is 0 Å². The van der Waals surface area contributed by atoms with E-state index in [0.29, 0.717) is 19.6 Å². The van der Waals surface area contributed by atoms with Crippen LogP contribution in [0.15, 0.2) is 12.2 Å². The van der Waals surface area contributed by atoms with Gasteiger partial charge in [-0.25, -0.2) is 0 Å². The van der Waals surface area contributed by atoms with Crippen molar-refractivity contribution in [1.82, 2.24) is 0 Å². The van der Waals surface area contributed by atoms with Crippen LogP contribution >= 0.6 is 0 Å². The van der Waals surface area contributed by atoms with Gasteiger partial charge in [-0.1, -0.05) is 96.6 Å². The summed E-state index contributed by atoms with van der Waals surface area (Å²) in [4.78, 5) is 25.5. The summed E-state index contributed by atoms with van der Waals surface area (Å²) in [5.74, 6) is -0.974. The molecule has 4 nitrogen and oxygen atoms in total. The van der Waals surface area contributed by atoms with E-state index in [1.807, 2.05) is 19.1 Å². The normalized spacial score (nSPS) is 20.8. The lowest BCUT2D eigenvalue weighted by Crippen LogP contribution is -2.42. The molecule has 0 saturated carbocycles. The highest BCUT2D eigenvalue weighted by Crippen LogP contribution is 2.38. The van der Waals surface area contributed by atoms with Crippen LogP contribution in [-0.2, 0) is 19.1 Å². The molecule has 0 aromatic carbocycles. The number of esters is 2. The van der Waals surface area contributed by atoms with Crippen molar-refractivity contribution >= 4 is 11.9 Å². The minimum atomic E-state index is -0.905. The van der Waals surface area contributed by atoms with Crippen molar-refractivity contribution < 1.29 is 19.1 Å². The molecule has 0 amide bonds. The molecule has 0 heterocycles. The summed E-state index contributed by atoms with van der Waals surface area (Å²) in [5, 5.41) is 0. The quantitative estimate of drug-likeness (QED) is 0.142. The van der Waals surface area contributed by atoms with Crippen molar-refractivity contribution in [3.8, 4) is 0 Å². The van der Waals surface area contributed by atoms with Gasteiger partial charge in [0.05, 0.1) is 24.5 Å². The van der Waals surface area contributed by atoms with Crippen LogP contribution in [-0.4, -0.2) is 25.2 Å². The molecule has 0 aliphatic heterocycles. The number of unbranched alkanes of at least 4 members (excludes halogenated alkanes) is 11. The molecule has 0 bridgehead atoms. The molecule has 0 spiro atoms. The first-order chi connectivity index (χ1) is 14.6. The molecular formula is C26H46O4. The highest BCUT2D eigenvalue weighted by molar-refractivity contribution is 5.87. The van der Waals surface area contributed by atoms with Gasteiger partial charge in [0.2, 0.25) is 0 Å². The van der Waals surface area contributed by atoms with E-state index < -0.39 is 11.3 Å². The van der Waals surface area contributed by atoms with E-state index in [9.17, 15) is 9.59 Å². The minimum Gasteiger partial charge on any atom is -0.465 e. The van der Waals surface area contributed by atoms with Crippen LogP contribution in [0.3, 0.4) is 0 Å². The first kappa shape index (κ1) is 26.7. The third-order valence-corrected chi connectivity index (χ3v) is 6.26. The van der Waals surface area contributed by atoms with Crippen LogP contribution in [0.1, 0.15) is 117 Å². The molecule has 0 aromatic rings. The standard InChI is InChI=1S/C26H46O4/c1-4-6-8-10-12-14-17-21-29-24(27)23-19-15-16-20-26(23,3)25(28)30-22-18-13-11-9-7-5-2/h16,20,23H,4-15,17-19,21-22H2,1-3H3. The molecule has 2 atom stereocenters. The zero-order chi connectivity index (χ0) is 22.1. The van der Waals surface area contributed by atoms with E-state index in [1.165, 1.54) is 57.8 Å². The van der Waals surface area contributed by atoms with Crippen molar-refractivity contribution in [3.05, 3.63) is 12.2 Å². The topological polar surface area (TPSA) is 52.6 Å². The first-order valence-electron chi connectivity index (χ1n) is 12.6. The summed E-state index contributed by atoms with van der Waals surface area (Å²) in [6, 6.07) is 0. The molecule has 1 rings (SSSR count). The molecule has 0 saturated heterocycles. The van der Waals surface area contributed by atoms with Gasteiger partial charge in [0.25, 0.3) is 0 Å². The zero-order valence-electron chi connectivity index (χ0n) is 19.9. The maximum Gasteiger partial charge on any atom is 0.316 e. The zero-order valence-corrected chi connectivity index (χ0v) is 19.9. The second-order valence-corrected chi connectivity index (χ2v) is 9.01. The van der Waals surface area contributed by atoms with Gasteiger partial charge in [0.1, 0.15) is 0 Å². The predicted molar refractivity (Wildman–Crippen MR) is 123 cm³/mol. The summed E-state index contributed by atoms with van der Waals surface area (Å²) in [7, 11) is 0. The molecule has 30 heavy (non-hydrogen) atoms. The number of hydrogen-bond donors (Lipinski definition) is 0. The van der Waals surface area contributed by atoms with Gasteiger partial charge in [-0.05, 0) is 32.6 Å². The molecule has 0 fully saturated rings. The van der Waals surface area contributed by atoms with Crippen LogP contribution in [0.25, 0.3) is 0 Å². The fourth-order valence-electron chi connectivity index (χ4n) is 4.12. The van der Waals surface area contributed by atoms with Gasteiger partial charge in [-0.15, -0.1) is 0 Å². The van der Waals surface area contributed by atoms with Gasteiger partial charge < -0.3 is 9.47 Å². The van der Waals surface area contributed by atoms with Crippen LogP contribution in [0, 0.1) is 11.3 Å². The Kier molecular flexibility index (Phi) is 14.6. The Labute approximate surface area is 185 Å². The third-order valence-electron chi connectivity index (χ3n) is 6.26. The van der Waals surface area contributed by atoms with Gasteiger partial charge in [0.15, 0.2) is 0 Å². The maximum absolute atomic E-state index is 12.8. The fraction of sp³-hybridized carbons (Fsp3) is 0.846. The predicted octanol–water partition coefficient (Wildman–Crippen LogP) is 7.16. The Morgan fingerprint density at radius 3 is 1.87 bits per heavy atom. The van der Waals surface area contributed by atoms with Gasteiger partial charge >= 0.3 is 11.9 Å². The largest absolute Gasteiger partial charge is 0.465 e. The van der Waals surface area contributed by atoms with Crippen molar-refractivity contribution in [1.29, 1.82) is 0 Å². The lowest BCUT2D eigenvalue weighted by Gasteiger charge is -2.34. The van der Waals surface area contributed by atoms with Crippen molar-refractivity contribution in [2.45, 2.75) is 117 Å². The Bertz CT molecular complexity index is 499.